The first-order chi connectivity index (χ1) is 11.5. The second kappa shape index (κ2) is 8.70. The van der Waals surface area contributed by atoms with Crippen molar-refractivity contribution in [2.24, 2.45) is 0 Å². The Bertz CT molecular complexity index is 549. The standard InChI is InChI=1S/C15H19F6N3S/c1-3-24(4-2)6-5-22-13(25)23-12-8-10(14(16,17)18)7-11(9-12)15(19,20)21/h7-9H,3-6H2,1-2H3,(H2,22,23,25). The molecule has 0 saturated heterocycles. The van der Waals surface area contributed by atoms with Crippen LogP contribution in [0.4, 0.5) is 32.0 Å². The van der Waals surface area contributed by atoms with Gasteiger partial charge in [-0.2, -0.15) is 26.3 Å². The van der Waals surface area contributed by atoms with Gasteiger partial charge in [0.05, 0.1) is 11.1 Å². The largest absolute Gasteiger partial charge is 0.416 e. The van der Waals surface area contributed by atoms with E-state index in [0.29, 0.717) is 25.2 Å². The van der Waals surface area contributed by atoms with E-state index in [0.717, 1.165) is 13.1 Å². The number of nitrogens with zero attached hydrogens (tertiary/aromatic N) is 1. The van der Waals surface area contributed by atoms with E-state index in [1.165, 1.54) is 0 Å². The fraction of sp³-hybridized carbons (Fsp3) is 0.533. The zero-order chi connectivity index (χ0) is 19.3. The number of halogens is 6. The molecule has 0 fully saturated rings. The number of likely N-dealkylation sites (N-methyl/N-ethyl adjacent to an activating group) is 1. The lowest BCUT2D eigenvalue weighted by Gasteiger charge is -2.19. The summed E-state index contributed by atoms with van der Waals surface area (Å²) in [6, 6.07) is 1.25. The van der Waals surface area contributed by atoms with Crippen LogP contribution < -0.4 is 10.6 Å². The number of rotatable bonds is 6. The minimum Gasteiger partial charge on any atom is -0.361 e. The maximum absolute atomic E-state index is 12.8. The highest BCUT2D eigenvalue weighted by Crippen LogP contribution is 2.37. The quantitative estimate of drug-likeness (QED) is 0.561. The molecule has 3 nitrogen and oxygen atoms in total. The van der Waals surface area contributed by atoms with Gasteiger partial charge in [0, 0.05) is 18.8 Å². The summed E-state index contributed by atoms with van der Waals surface area (Å²) in [6.07, 6.45) is -9.79. The number of nitrogens with one attached hydrogen (secondary N) is 2. The van der Waals surface area contributed by atoms with Crippen LogP contribution in [-0.2, 0) is 12.4 Å². The molecular weight excluding hydrogens is 368 g/mol. The number of benzene rings is 1. The molecule has 0 saturated carbocycles. The van der Waals surface area contributed by atoms with E-state index in [1.807, 2.05) is 13.8 Å². The lowest BCUT2D eigenvalue weighted by atomic mass is 10.1. The summed E-state index contributed by atoms with van der Waals surface area (Å²) in [6.45, 7) is 6.65. The predicted molar refractivity (Wildman–Crippen MR) is 88.5 cm³/mol. The van der Waals surface area contributed by atoms with E-state index >= 15 is 0 Å². The van der Waals surface area contributed by atoms with Crippen LogP contribution in [-0.4, -0.2) is 36.2 Å². The molecule has 142 valence electrons. The topological polar surface area (TPSA) is 27.3 Å². The number of anilines is 1. The van der Waals surface area contributed by atoms with Crippen molar-refractivity contribution in [3.8, 4) is 0 Å². The molecule has 1 rings (SSSR count). The highest BCUT2D eigenvalue weighted by molar-refractivity contribution is 7.80. The van der Waals surface area contributed by atoms with Crippen molar-refractivity contribution >= 4 is 23.0 Å². The SMILES string of the molecule is CCN(CC)CCNC(=S)Nc1cc(C(F)(F)F)cc(C(F)(F)F)c1. The lowest BCUT2D eigenvalue weighted by molar-refractivity contribution is -0.143. The van der Waals surface area contributed by atoms with Crippen molar-refractivity contribution in [1.29, 1.82) is 0 Å². The maximum Gasteiger partial charge on any atom is 0.416 e. The van der Waals surface area contributed by atoms with Gasteiger partial charge in [-0.05, 0) is 43.5 Å². The second-order valence-corrected chi connectivity index (χ2v) is 5.61. The van der Waals surface area contributed by atoms with Gasteiger partial charge in [-0.25, -0.2) is 0 Å². The smallest absolute Gasteiger partial charge is 0.361 e. The Morgan fingerprint density at radius 1 is 0.960 bits per heavy atom. The molecule has 0 aliphatic carbocycles. The van der Waals surface area contributed by atoms with Gasteiger partial charge in [-0.3, -0.25) is 0 Å². The summed E-state index contributed by atoms with van der Waals surface area (Å²) in [5.41, 5.74) is -3.16. The van der Waals surface area contributed by atoms with Gasteiger partial charge in [-0.15, -0.1) is 0 Å². The second-order valence-electron chi connectivity index (χ2n) is 5.20. The molecule has 0 atom stereocenters. The van der Waals surface area contributed by atoms with Crippen LogP contribution >= 0.6 is 12.2 Å². The summed E-state index contributed by atoms with van der Waals surface area (Å²) in [5, 5.41) is 5.10. The number of thiocarbonyl (C=S) groups is 1. The Kier molecular flexibility index (Phi) is 7.48. The summed E-state index contributed by atoms with van der Waals surface area (Å²) >= 11 is 4.93. The lowest BCUT2D eigenvalue weighted by Crippen LogP contribution is -2.36. The zero-order valence-corrected chi connectivity index (χ0v) is 14.5. The molecule has 0 heterocycles. The Hall–Kier alpha value is -1.55. The Morgan fingerprint density at radius 3 is 1.84 bits per heavy atom. The molecule has 0 amide bonds. The van der Waals surface area contributed by atoms with Gasteiger partial charge in [0.25, 0.3) is 0 Å². The third kappa shape index (κ3) is 7.07. The van der Waals surface area contributed by atoms with E-state index in [4.69, 9.17) is 12.2 Å². The van der Waals surface area contributed by atoms with E-state index in [2.05, 4.69) is 15.5 Å². The van der Waals surface area contributed by atoms with Crippen LogP contribution in [0.1, 0.15) is 25.0 Å². The van der Waals surface area contributed by atoms with Crippen molar-refractivity contribution in [2.75, 3.05) is 31.5 Å². The molecule has 0 radical (unpaired) electrons. The minimum atomic E-state index is -4.89. The van der Waals surface area contributed by atoms with E-state index in [9.17, 15) is 26.3 Å². The molecular formula is C15H19F6N3S. The molecule has 10 heteroatoms. The first-order valence-corrected chi connectivity index (χ1v) is 7.94. The third-order valence-electron chi connectivity index (χ3n) is 3.45. The average Bonchev–Trinajstić information content (AvgIpc) is 2.49. The number of hydrogen-bond donors (Lipinski definition) is 2. The maximum atomic E-state index is 12.8. The average molecular weight is 387 g/mol. The van der Waals surface area contributed by atoms with Crippen LogP contribution in [0.25, 0.3) is 0 Å². The first-order valence-electron chi connectivity index (χ1n) is 7.54. The van der Waals surface area contributed by atoms with Crippen molar-refractivity contribution in [1.82, 2.24) is 10.2 Å². The van der Waals surface area contributed by atoms with E-state index in [1.54, 1.807) is 0 Å². The molecule has 2 N–H and O–H groups in total. The third-order valence-corrected chi connectivity index (χ3v) is 3.70. The fourth-order valence-corrected chi connectivity index (χ4v) is 2.29. The summed E-state index contributed by atoms with van der Waals surface area (Å²) in [7, 11) is 0. The monoisotopic (exact) mass is 387 g/mol. The normalized spacial score (nSPS) is 12.4. The van der Waals surface area contributed by atoms with E-state index in [-0.39, 0.29) is 16.9 Å². The highest BCUT2D eigenvalue weighted by atomic mass is 32.1. The van der Waals surface area contributed by atoms with Gasteiger partial charge in [0.2, 0.25) is 0 Å². The minimum absolute atomic E-state index is 0.0420. The molecule has 0 unspecified atom stereocenters. The molecule has 0 bridgehead atoms. The fourth-order valence-electron chi connectivity index (χ4n) is 2.07. The Labute approximate surface area is 147 Å². The molecule has 0 aromatic heterocycles. The van der Waals surface area contributed by atoms with Crippen molar-refractivity contribution in [3.05, 3.63) is 29.3 Å². The van der Waals surface area contributed by atoms with Gasteiger partial charge in [0.15, 0.2) is 5.11 Å². The van der Waals surface area contributed by atoms with Crippen LogP contribution in [0.2, 0.25) is 0 Å². The van der Waals surface area contributed by atoms with Crippen LogP contribution in [0.5, 0.6) is 0 Å². The van der Waals surface area contributed by atoms with Crippen LogP contribution in [0, 0.1) is 0 Å². The van der Waals surface area contributed by atoms with Gasteiger partial charge >= 0.3 is 12.4 Å². The molecule has 1 aromatic rings. The van der Waals surface area contributed by atoms with Crippen LogP contribution in [0.3, 0.4) is 0 Å². The summed E-state index contributed by atoms with van der Waals surface area (Å²) in [4.78, 5) is 2.08. The van der Waals surface area contributed by atoms with Crippen molar-refractivity contribution in [2.45, 2.75) is 26.2 Å². The summed E-state index contributed by atoms with van der Waals surface area (Å²) < 4.78 is 76.8. The van der Waals surface area contributed by atoms with Crippen molar-refractivity contribution in [3.63, 3.8) is 0 Å². The molecule has 0 aliphatic heterocycles. The molecule has 25 heavy (non-hydrogen) atoms. The molecule has 0 spiro atoms. The number of alkyl halides is 6. The predicted octanol–water partition coefficient (Wildman–Crippen LogP) is 4.35. The highest BCUT2D eigenvalue weighted by Gasteiger charge is 2.37. The molecule has 1 aromatic carbocycles. The number of hydrogen-bond acceptors (Lipinski definition) is 2. The summed E-state index contributed by atoms with van der Waals surface area (Å²) in [5.74, 6) is 0. The van der Waals surface area contributed by atoms with Gasteiger partial charge < -0.3 is 15.5 Å². The van der Waals surface area contributed by atoms with E-state index < -0.39 is 23.5 Å². The Morgan fingerprint density at radius 2 is 1.44 bits per heavy atom. The zero-order valence-electron chi connectivity index (χ0n) is 13.7. The Balaban J connectivity index is 2.85. The van der Waals surface area contributed by atoms with Crippen LogP contribution in [0.15, 0.2) is 18.2 Å². The van der Waals surface area contributed by atoms with Gasteiger partial charge in [-0.1, -0.05) is 13.8 Å². The van der Waals surface area contributed by atoms with Crippen molar-refractivity contribution < 1.29 is 26.3 Å². The molecule has 0 aliphatic rings. The van der Waals surface area contributed by atoms with Gasteiger partial charge in [0.1, 0.15) is 0 Å². The first kappa shape index (κ1) is 21.5.